The minimum atomic E-state index is -3.45. The number of carbonyl (C=O) groups is 1. The maximum absolute atomic E-state index is 12.7. The summed E-state index contributed by atoms with van der Waals surface area (Å²) in [6.07, 6.45) is 2.89. The molecule has 0 atom stereocenters. The van der Waals surface area contributed by atoms with Crippen LogP contribution in [-0.2, 0) is 23.2 Å². The van der Waals surface area contributed by atoms with Crippen LogP contribution in [0.5, 0.6) is 5.75 Å². The van der Waals surface area contributed by atoms with Crippen molar-refractivity contribution in [2.24, 2.45) is 0 Å². The molecule has 1 aliphatic heterocycles. The molecule has 174 valence electrons. The smallest absolute Gasteiger partial charge is 0.251 e. The molecule has 1 amide bonds. The molecule has 0 bridgehead atoms. The highest BCUT2D eigenvalue weighted by atomic mass is 32.2. The van der Waals surface area contributed by atoms with E-state index in [0.717, 1.165) is 35.5 Å². The van der Waals surface area contributed by atoms with Crippen molar-refractivity contribution in [3.8, 4) is 5.75 Å². The number of aryl methyl sites for hydroxylation is 1. The number of benzene rings is 2. The van der Waals surface area contributed by atoms with Crippen molar-refractivity contribution >= 4 is 27.3 Å². The first-order valence-electron chi connectivity index (χ1n) is 10.9. The van der Waals surface area contributed by atoms with Gasteiger partial charge in [0.05, 0.1) is 15.6 Å². The summed E-state index contributed by atoms with van der Waals surface area (Å²) in [5, 5.41) is 5.83. The average Bonchev–Trinajstić information content (AvgIpc) is 3.27. The van der Waals surface area contributed by atoms with E-state index in [2.05, 4.69) is 10.3 Å². The van der Waals surface area contributed by atoms with Crippen molar-refractivity contribution in [2.75, 3.05) is 13.1 Å². The monoisotopic (exact) mass is 485 g/mol. The summed E-state index contributed by atoms with van der Waals surface area (Å²) in [7, 11) is -3.45. The fraction of sp³-hybridized carbons (Fsp3) is 0.333. The van der Waals surface area contributed by atoms with Crippen LogP contribution < -0.4 is 10.1 Å². The molecular formula is C24H27N3O4S2. The van der Waals surface area contributed by atoms with Crippen LogP contribution in [-0.4, -0.2) is 36.7 Å². The van der Waals surface area contributed by atoms with Crippen LogP contribution in [0.1, 0.15) is 45.9 Å². The molecule has 0 spiro atoms. The van der Waals surface area contributed by atoms with Crippen molar-refractivity contribution in [3.05, 3.63) is 75.7 Å². The number of nitrogens with zero attached hydrogens (tertiary/aromatic N) is 2. The third-order valence-electron chi connectivity index (χ3n) is 5.50. The SMILES string of the molecule is Cc1nc(COc2ccc(C(=O)NCc3ccc(S(=O)(=O)N4CCCCC4)cc3)cc2)cs1. The van der Waals surface area contributed by atoms with Gasteiger partial charge in [0.2, 0.25) is 10.0 Å². The van der Waals surface area contributed by atoms with Crippen LogP contribution in [0.3, 0.4) is 0 Å². The Kier molecular flexibility index (Phi) is 7.42. The van der Waals surface area contributed by atoms with Gasteiger partial charge in [-0.2, -0.15) is 4.31 Å². The molecule has 4 rings (SSSR count). The molecule has 1 saturated heterocycles. The largest absolute Gasteiger partial charge is 0.487 e. The molecule has 3 aromatic rings. The molecule has 33 heavy (non-hydrogen) atoms. The average molecular weight is 486 g/mol. The number of piperidine rings is 1. The van der Waals surface area contributed by atoms with Crippen LogP contribution in [0.4, 0.5) is 0 Å². The van der Waals surface area contributed by atoms with Gasteiger partial charge in [-0.3, -0.25) is 4.79 Å². The molecule has 1 aromatic heterocycles. The minimum absolute atomic E-state index is 0.207. The second-order valence-electron chi connectivity index (χ2n) is 7.96. The maximum Gasteiger partial charge on any atom is 0.251 e. The van der Waals surface area contributed by atoms with E-state index in [9.17, 15) is 13.2 Å². The molecule has 0 saturated carbocycles. The van der Waals surface area contributed by atoms with Gasteiger partial charge in [-0.05, 0) is 61.7 Å². The zero-order valence-electron chi connectivity index (χ0n) is 18.5. The van der Waals surface area contributed by atoms with E-state index >= 15 is 0 Å². The maximum atomic E-state index is 12.7. The Morgan fingerprint density at radius 1 is 1.06 bits per heavy atom. The van der Waals surface area contributed by atoms with E-state index in [-0.39, 0.29) is 5.91 Å². The van der Waals surface area contributed by atoms with Gasteiger partial charge in [-0.15, -0.1) is 11.3 Å². The molecule has 2 heterocycles. The van der Waals surface area contributed by atoms with Gasteiger partial charge < -0.3 is 10.1 Å². The molecule has 0 radical (unpaired) electrons. The summed E-state index contributed by atoms with van der Waals surface area (Å²) in [6.45, 7) is 3.81. The molecule has 2 aromatic carbocycles. The number of nitrogens with one attached hydrogen (secondary N) is 1. The number of carbonyl (C=O) groups excluding carboxylic acids is 1. The molecule has 1 N–H and O–H groups in total. The van der Waals surface area contributed by atoms with E-state index in [1.165, 1.54) is 0 Å². The number of ether oxygens (including phenoxy) is 1. The summed E-state index contributed by atoms with van der Waals surface area (Å²) in [6, 6.07) is 13.7. The van der Waals surface area contributed by atoms with E-state index < -0.39 is 10.0 Å². The molecule has 7 nitrogen and oxygen atoms in total. The third-order valence-corrected chi connectivity index (χ3v) is 8.23. The van der Waals surface area contributed by atoms with Crippen LogP contribution >= 0.6 is 11.3 Å². The summed E-state index contributed by atoms with van der Waals surface area (Å²) in [5.41, 5.74) is 2.24. The lowest BCUT2D eigenvalue weighted by Gasteiger charge is -2.25. The zero-order valence-corrected chi connectivity index (χ0v) is 20.1. The van der Waals surface area contributed by atoms with E-state index in [1.54, 1.807) is 64.2 Å². The Hall–Kier alpha value is -2.75. The van der Waals surface area contributed by atoms with Crippen molar-refractivity contribution < 1.29 is 17.9 Å². The second kappa shape index (κ2) is 10.5. The quantitative estimate of drug-likeness (QED) is 0.518. The van der Waals surface area contributed by atoms with Crippen molar-refractivity contribution in [2.45, 2.75) is 44.2 Å². The Labute approximate surface area is 198 Å². The van der Waals surface area contributed by atoms with Crippen molar-refractivity contribution in [1.29, 1.82) is 0 Å². The normalized spacial score (nSPS) is 14.7. The summed E-state index contributed by atoms with van der Waals surface area (Å²) < 4.78 is 32.8. The van der Waals surface area contributed by atoms with E-state index in [4.69, 9.17) is 4.74 Å². The number of thiazole rings is 1. The highest BCUT2D eigenvalue weighted by molar-refractivity contribution is 7.89. The minimum Gasteiger partial charge on any atom is -0.487 e. The van der Waals surface area contributed by atoms with Crippen LogP contribution in [0.2, 0.25) is 0 Å². The number of amides is 1. The van der Waals surface area contributed by atoms with Gasteiger partial charge in [0.15, 0.2) is 0 Å². The molecule has 9 heteroatoms. The van der Waals surface area contributed by atoms with Gasteiger partial charge >= 0.3 is 0 Å². The van der Waals surface area contributed by atoms with Gasteiger partial charge in [-0.1, -0.05) is 18.6 Å². The predicted molar refractivity (Wildman–Crippen MR) is 128 cm³/mol. The number of sulfonamides is 1. The second-order valence-corrected chi connectivity index (χ2v) is 11.0. The number of rotatable bonds is 8. The van der Waals surface area contributed by atoms with E-state index in [0.29, 0.717) is 42.4 Å². The zero-order chi connectivity index (χ0) is 23.3. The molecule has 1 fully saturated rings. The molecule has 0 unspecified atom stereocenters. The standard InChI is InChI=1S/C24H27N3O4S2/c1-18-26-21(17-32-18)16-31-22-9-7-20(8-10-22)24(28)25-15-19-5-11-23(12-6-19)33(29,30)27-13-3-2-4-14-27/h5-12,17H,2-4,13-16H2,1H3,(H,25,28). The lowest BCUT2D eigenvalue weighted by Crippen LogP contribution is -2.35. The van der Waals surface area contributed by atoms with Crippen molar-refractivity contribution in [1.82, 2.24) is 14.6 Å². The molecular weight excluding hydrogens is 458 g/mol. The fourth-order valence-electron chi connectivity index (χ4n) is 3.65. The lowest BCUT2D eigenvalue weighted by molar-refractivity contribution is 0.0951. The first-order valence-corrected chi connectivity index (χ1v) is 13.2. The Morgan fingerprint density at radius 3 is 2.39 bits per heavy atom. The summed E-state index contributed by atoms with van der Waals surface area (Å²) in [4.78, 5) is 17.1. The van der Waals surface area contributed by atoms with Crippen molar-refractivity contribution in [3.63, 3.8) is 0 Å². The van der Waals surface area contributed by atoms with Crippen LogP contribution in [0.15, 0.2) is 58.8 Å². The van der Waals surface area contributed by atoms with Gasteiger partial charge in [-0.25, -0.2) is 13.4 Å². The number of aromatic nitrogens is 1. The number of hydrogen-bond acceptors (Lipinski definition) is 6. The van der Waals surface area contributed by atoms with Gasteiger partial charge in [0.25, 0.3) is 5.91 Å². The topological polar surface area (TPSA) is 88.6 Å². The first kappa shape index (κ1) is 23.4. The highest BCUT2D eigenvalue weighted by Gasteiger charge is 2.25. The summed E-state index contributed by atoms with van der Waals surface area (Å²) in [5.74, 6) is 0.462. The molecule has 0 aliphatic carbocycles. The van der Waals surface area contributed by atoms with Gasteiger partial charge in [0, 0.05) is 30.6 Å². The Bertz CT molecular complexity index is 1180. The lowest BCUT2D eigenvalue weighted by atomic mass is 10.2. The van der Waals surface area contributed by atoms with E-state index in [1.807, 2.05) is 12.3 Å². The fourth-order valence-corrected chi connectivity index (χ4v) is 5.77. The first-order chi connectivity index (χ1) is 15.9. The molecule has 1 aliphatic rings. The van der Waals surface area contributed by atoms with Gasteiger partial charge in [0.1, 0.15) is 12.4 Å². The van der Waals surface area contributed by atoms with Crippen LogP contribution in [0.25, 0.3) is 0 Å². The summed E-state index contributed by atoms with van der Waals surface area (Å²) >= 11 is 1.58. The number of hydrogen-bond donors (Lipinski definition) is 1. The Morgan fingerprint density at radius 2 is 1.76 bits per heavy atom. The third kappa shape index (κ3) is 5.98. The predicted octanol–water partition coefficient (Wildman–Crippen LogP) is 4.14. The highest BCUT2D eigenvalue weighted by Crippen LogP contribution is 2.21. The van der Waals surface area contributed by atoms with Crippen LogP contribution in [0, 0.1) is 6.92 Å². The Balaban J connectivity index is 1.29.